The minimum Gasteiger partial charge on any atom is -0.508 e. The summed E-state index contributed by atoms with van der Waals surface area (Å²) in [5.74, 6) is -0.420. The average Bonchev–Trinajstić information content (AvgIpc) is 3.15. The van der Waals surface area contributed by atoms with Crippen LogP contribution in [0.5, 0.6) is 5.75 Å². The lowest BCUT2D eigenvalue weighted by atomic mass is 10.2. The van der Waals surface area contributed by atoms with Crippen molar-refractivity contribution in [2.24, 2.45) is 0 Å². The van der Waals surface area contributed by atoms with Gasteiger partial charge in [-0.1, -0.05) is 11.8 Å². The lowest BCUT2D eigenvalue weighted by Crippen LogP contribution is -2.15. The van der Waals surface area contributed by atoms with Crippen LogP contribution in [0, 0.1) is 0 Å². The molecule has 1 heterocycles. The fraction of sp³-hybridized carbons (Fsp3) is 0.211. The van der Waals surface area contributed by atoms with Crippen molar-refractivity contribution in [3.05, 3.63) is 54.1 Å². The van der Waals surface area contributed by atoms with Crippen LogP contribution in [-0.2, 0) is 9.53 Å². The molecule has 1 amide bonds. The molecule has 0 aliphatic rings. The molecule has 0 aliphatic carbocycles. The summed E-state index contributed by atoms with van der Waals surface area (Å²) < 4.78 is 6.61. The number of anilines is 1. The first-order valence-electron chi connectivity index (χ1n) is 8.74. The van der Waals surface area contributed by atoms with Crippen LogP contribution in [0.15, 0.2) is 53.7 Å². The highest BCUT2D eigenvalue weighted by Crippen LogP contribution is 2.20. The minimum atomic E-state index is -0.408. The van der Waals surface area contributed by atoms with Crippen molar-refractivity contribution in [3.8, 4) is 11.4 Å². The molecule has 3 rings (SSSR count). The number of esters is 1. The predicted molar refractivity (Wildman–Crippen MR) is 107 cm³/mol. The van der Waals surface area contributed by atoms with Crippen molar-refractivity contribution in [2.45, 2.75) is 25.1 Å². The van der Waals surface area contributed by atoms with Gasteiger partial charge in [0.15, 0.2) is 0 Å². The number of benzene rings is 2. The number of phenolic OH excluding ortho intramolecular Hbond substituents is 1. The van der Waals surface area contributed by atoms with Crippen molar-refractivity contribution < 1.29 is 19.4 Å². The van der Waals surface area contributed by atoms with Gasteiger partial charge >= 0.3 is 5.97 Å². The van der Waals surface area contributed by atoms with Crippen LogP contribution in [0.4, 0.5) is 5.69 Å². The Bertz CT molecular complexity index is 987. The molecule has 10 heteroatoms. The van der Waals surface area contributed by atoms with E-state index in [2.05, 4.69) is 20.8 Å². The standard InChI is InChI=1S/C19H19N5O4S/c1-12(2)28-18(27)13-3-5-14(6-4-13)20-17(26)11-29-19-21-22-23-24(19)15-7-9-16(25)10-8-15/h3-10,12,25H,11H2,1-2H3,(H,20,26). The average molecular weight is 413 g/mol. The first-order chi connectivity index (χ1) is 13.9. The SMILES string of the molecule is CC(C)OC(=O)c1ccc(NC(=O)CSc2nnnn2-c2ccc(O)cc2)cc1. The first kappa shape index (κ1) is 20.3. The summed E-state index contributed by atoms with van der Waals surface area (Å²) in [4.78, 5) is 24.1. The molecule has 150 valence electrons. The molecule has 0 spiro atoms. The molecule has 3 aromatic rings. The van der Waals surface area contributed by atoms with Crippen LogP contribution in [0.25, 0.3) is 5.69 Å². The van der Waals surface area contributed by atoms with Gasteiger partial charge in [0.25, 0.3) is 0 Å². The Hall–Kier alpha value is -3.40. The third-order valence-electron chi connectivity index (χ3n) is 3.61. The largest absolute Gasteiger partial charge is 0.508 e. The number of nitrogens with one attached hydrogen (secondary N) is 1. The second kappa shape index (κ2) is 9.20. The van der Waals surface area contributed by atoms with E-state index in [1.54, 1.807) is 50.2 Å². The van der Waals surface area contributed by atoms with E-state index in [0.717, 1.165) is 0 Å². The second-order valence-electron chi connectivity index (χ2n) is 6.26. The highest BCUT2D eigenvalue weighted by molar-refractivity contribution is 7.99. The van der Waals surface area contributed by atoms with Crippen LogP contribution in [0.3, 0.4) is 0 Å². The Labute approximate surface area is 171 Å². The van der Waals surface area contributed by atoms with Gasteiger partial charge in [-0.3, -0.25) is 4.79 Å². The number of carbonyl (C=O) groups is 2. The van der Waals surface area contributed by atoms with E-state index in [-0.39, 0.29) is 23.5 Å². The van der Waals surface area contributed by atoms with Gasteiger partial charge in [0.2, 0.25) is 11.1 Å². The van der Waals surface area contributed by atoms with Gasteiger partial charge in [-0.15, -0.1) is 5.10 Å². The molecule has 1 aromatic heterocycles. The zero-order chi connectivity index (χ0) is 20.8. The van der Waals surface area contributed by atoms with Gasteiger partial charge in [-0.05, 0) is 72.8 Å². The van der Waals surface area contributed by atoms with Crippen LogP contribution in [0.1, 0.15) is 24.2 Å². The van der Waals surface area contributed by atoms with Crippen molar-refractivity contribution in [3.63, 3.8) is 0 Å². The predicted octanol–water partition coefficient (Wildman–Crippen LogP) is 2.66. The molecule has 0 saturated carbocycles. The van der Waals surface area contributed by atoms with E-state index in [0.29, 0.717) is 22.1 Å². The maximum Gasteiger partial charge on any atom is 0.338 e. The second-order valence-corrected chi connectivity index (χ2v) is 7.20. The van der Waals surface area contributed by atoms with Crippen LogP contribution in [-0.4, -0.2) is 49.0 Å². The van der Waals surface area contributed by atoms with Gasteiger partial charge in [-0.25, -0.2) is 4.79 Å². The number of tetrazole rings is 1. The fourth-order valence-electron chi connectivity index (χ4n) is 2.32. The lowest BCUT2D eigenvalue weighted by molar-refractivity contribution is -0.113. The molecule has 0 bridgehead atoms. The molecule has 2 N–H and O–H groups in total. The molecular weight excluding hydrogens is 394 g/mol. The maximum absolute atomic E-state index is 12.2. The topological polar surface area (TPSA) is 119 Å². The summed E-state index contributed by atoms with van der Waals surface area (Å²) >= 11 is 1.17. The number of nitrogens with zero attached hydrogens (tertiary/aromatic N) is 4. The number of carbonyl (C=O) groups excluding carboxylic acids is 2. The van der Waals surface area contributed by atoms with E-state index in [1.807, 2.05) is 0 Å². The number of hydrogen-bond acceptors (Lipinski definition) is 8. The molecule has 9 nitrogen and oxygen atoms in total. The number of phenols is 1. The van der Waals surface area contributed by atoms with Gasteiger partial charge < -0.3 is 15.2 Å². The normalized spacial score (nSPS) is 10.7. The molecule has 0 atom stereocenters. The highest BCUT2D eigenvalue weighted by Gasteiger charge is 2.13. The van der Waals surface area contributed by atoms with Gasteiger partial charge in [0.05, 0.1) is 23.1 Å². The van der Waals surface area contributed by atoms with Gasteiger partial charge in [0.1, 0.15) is 5.75 Å². The van der Waals surface area contributed by atoms with E-state index in [4.69, 9.17) is 4.74 Å². The van der Waals surface area contributed by atoms with Crippen LogP contribution < -0.4 is 5.32 Å². The van der Waals surface area contributed by atoms with Gasteiger partial charge in [0, 0.05) is 5.69 Å². The molecule has 0 radical (unpaired) electrons. The van der Waals surface area contributed by atoms with Crippen molar-refractivity contribution in [2.75, 3.05) is 11.1 Å². The maximum atomic E-state index is 12.2. The Balaban J connectivity index is 1.56. The molecule has 29 heavy (non-hydrogen) atoms. The first-order valence-corrected chi connectivity index (χ1v) is 9.72. The van der Waals surface area contributed by atoms with Crippen molar-refractivity contribution in [1.29, 1.82) is 0 Å². The molecular formula is C19H19N5O4S. The number of aromatic hydroxyl groups is 1. The summed E-state index contributed by atoms with van der Waals surface area (Å²) in [6, 6.07) is 12.9. The number of hydrogen-bond donors (Lipinski definition) is 2. The zero-order valence-corrected chi connectivity index (χ0v) is 16.6. The summed E-state index contributed by atoms with van der Waals surface area (Å²) in [5, 5.41) is 24.0. The minimum absolute atomic E-state index is 0.0929. The third-order valence-corrected chi connectivity index (χ3v) is 4.53. The van der Waals surface area contributed by atoms with Crippen molar-refractivity contribution >= 4 is 29.3 Å². The summed E-state index contributed by atoms with van der Waals surface area (Å²) in [6.07, 6.45) is -0.197. The Kier molecular flexibility index (Phi) is 6.45. The number of aromatic nitrogens is 4. The van der Waals surface area contributed by atoms with E-state index < -0.39 is 5.97 Å². The third kappa shape index (κ3) is 5.55. The van der Waals surface area contributed by atoms with Crippen LogP contribution >= 0.6 is 11.8 Å². The smallest absolute Gasteiger partial charge is 0.338 e. The molecule has 0 fully saturated rings. The number of ether oxygens (including phenoxy) is 1. The number of thioether (sulfide) groups is 1. The summed E-state index contributed by atoms with van der Waals surface area (Å²) in [5.41, 5.74) is 1.65. The van der Waals surface area contributed by atoms with E-state index in [9.17, 15) is 14.7 Å². The number of rotatable bonds is 7. The van der Waals surface area contributed by atoms with E-state index >= 15 is 0 Å². The molecule has 2 aromatic carbocycles. The molecule has 0 unspecified atom stereocenters. The van der Waals surface area contributed by atoms with E-state index in [1.165, 1.54) is 28.6 Å². The summed E-state index contributed by atoms with van der Waals surface area (Å²) in [7, 11) is 0. The zero-order valence-electron chi connectivity index (χ0n) is 15.8. The Morgan fingerprint density at radius 3 is 2.48 bits per heavy atom. The number of amides is 1. The fourth-order valence-corrected chi connectivity index (χ4v) is 3.01. The Morgan fingerprint density at radius 2 is 1.83 bits per heavy atom. The highest BCUT2D eigenvalue weighted by atomic mass is 32.2. The summed E-state index contributed by atoms with van der Waals surface area (Å²) in [6.45, 7) is 3.56. The van der Waals surface area contributed by atoms with Crippen LogP contribution in [0.2, 0.25) is 0 Å². The molecule has 0 aliphatic heterocycles. The lowest BCUT2D eigenvalue weighted by Gasteiger charge is -2.09. The molecule has 0 saturated heterocycles. The quantitative estimate of drug-likeness (QED) is 0.448. The van der Waals surface area contributed by atoms with Gasteiger partial charge in [-0.2, -0.15) is 4.68 Å². The Morgan fingerprint density at radius 1 is 1.14 bits per heavy atom. The van der Waals surface area contributed by atoms with Crippen molar-refractivity contribution in [1.82, 2.24) is 20.2 Å². The monoisotopic (exact) mass is 413 g/mol.